The molecule has 1 nitrogen and oxygen atoms in total. The van der Waals surface area contributed by atoms with E-state index in [9.17, 15) is 0 Å². The Morgan fingerprint density at radius 2 is 2.33 bits per heavy atom. The summed E-state index contributed by atoms with van der Waals surface area (Å²) in [5.41, 5.74) is 1.47. The van der Waals surface area contributed by atoms with Crippen molar-refractivity contribution in [3.8, 4) is 0 Å². The van der Waals surface area contributed by atoms with Crippen molar-refractivity contribution in [2.24, 2.45) is 5.92 Å². The SMILES string of the molecule is COC1CC=C(C)C1C. The van der Waals surface area contributed by atoms with Crippen molar-refractivity contribution >= 4 is 0 Å². The molecule has 0 N–H and O–H groups in total. The highest BCUT2D eigenvalue weighted by Crippen LogP contribution is 2.26. The van der Waals surface area contributed by atoms with Crippen LogP contribution in [0.1, 0.15) is 20.3 Å². The van der Waals surface area contributed by atoms with Crippen molar-refractivity contribution in [1.82, 2.24) is 0 Å². The predicted molar refractivity (Wildman–Crippen MR) is 38.3 cm³/mol. The Bertz CT molecular complexity index is 127. The van der Waals surface area contributed by atoms with E-state index < -0.39 is 0 Å². The third-order valence-electron chi connectivity index (χ3n) is 2.25. The van der Waals surface area contributed by atoms with Crippen LogP contribution < -0.4 is 0 Å². The van der Waals surface area contributed by atoms with E-state index in [0.717, 1.165) is 6.42 Å². The fraction of sp³-hybridized carbons (Fsp3) is 0.750. The van der Waals surface area contributed by atoms with Gasteiger partial charge >= 0.3 is 0 Å². The molecule has 0 aromatic carbocycles. The molecule has 0 bridgehead atoms. The molecule has 1 heteroatoms. The van der Waals surface area contributed by atoms with E-state index in [1.54, 1.807) is 7.11 Å². The number of ether oxygens (including phenoxy) is 1. The number of hydrogen-bond donors (Lipinski definition) is 0. The van der Waals surface area contributed by atoms with E-state index in [0.29, 0.717) is 12.0 Å². The molecule has 2 atom stereocenters. The summed E-state index contributed by atoms with van der Waals surface area (Å²) in [5, 5.41) is 0. The zero-order valence-corrected chi connectivity index (χ0v) is 6.35. The van der Waals surface area contributed by atoms with Gasteiger partial charge in [0.25, 0.3) is 0 Å². The first kappa shape index (κ1) is 6.81. The minimum absolute atomic E-state index is 0.449. The van der Waals surface area contributed by atoms with Gasteiger partial charge in [-0.3, -0.25) is 0 Å². The second-order valence-corrected chi connectivity index (χ2v) is 2.75. The molecule has 0 heterocycles. The molecule has 0 aromatic rings. The lowest BCUT2D eigenvalue weighted by molar-refractivity contribution is 0.0822. The summed E-state index contributed by atoms with van der Waals surface area (Å²) in [7, 11) is 1.79. The van der Waals surface area contributed by atoms with Crippen LogP contribution in [0.3, 0.4) is 0 Å². The van der Waals surface area contributed by atoms with Gasteiger partial charge in [-0.25, -0.2) is 0 Å². The topological polar surface area (TPSA) is 9.23 Å². The maximum Gasteiger partial charge on any atom is 0.0668 e. The lowest BCUT2D eigenvalue weighted by Crippen LogP contribution is -2.14. The van der Waals surface area contributed by atoms with Crippen LogP contribution in [0.4, 0.5) is 0 Å². The van der Waals surface area contributed by atoms with E-state index in [4.69, 9.17) is 4.74 Å². The molecule has 1 aliphatic rings. The molecule has 1 rings (SSSR count). The van der Waals surface area contributed by atoms with Gasteiger partial charge < -0.3 is 4.74 Å². The molecule has 0 spiro atoms. The largest absolute Gasteiger partial charge is 0.381 e. The molecule has 0 radical (unpaired) electrons. The predicted octanol–water partition coefficient (Wildman–Crippen LogP) is 1.99. The summed E-state index contributed by atoms with van der Waals surface area (Å²) in [4.78, 5) is 0. The third kappa shape index (κ3) is 1.16. The number of methoxy groups -OCH3 is 1. The average molecular weight is 126 g/mol. The molecular weight excluding hydrogens is 112 g/mol. The second-order valence-electron chi connectivity index (χ2n) is 2.75. The lowest BCUT2D eigenvalue weighted by Gasteiger charge is -2.14. The molecular formula is C8H14O. The number of rotatable bonds is 1. The van der Waals surface area contributed by atoms with Crippen LogP contribution in [0.15, 0.2) is 11.6 Å². The molecule has 52 valence electrons. The van der Waals surface area contributed by atoms with Gasteiger partial charge in [-0.2, -0.15) is 0 Å². The molecule has 0 aromatic heterocycles. The Balaban J connectivity index is 2.51. The number of hydrogen-bond acceptors (Lipinski definition) is 1. The van der Waals surface area contributed by atoms with E-state index >= 15 is 0 Å². The van der Waals surface area contributed by atoms with Crippen LogP contribution in [0.5, 0.6) is 0 Å². The highest BCUT2D eigenvalue weighted by molar-refractivity contribution is 5.12. The first-order valence-corrected chi connectivity index (χ1v) is 3.45. The van der Waals surface area contributed by atoms with Gasteiger partial charge in [0.1, 0.15) is 0 Å². The summed E-state index contributed by atoms with van der Waals surface area (Å²) in [5.74, 6) is 0.634. The van der Waals surface area contributed by atoms with E-state index in [-0.39, 0.29) is 0 Å². The first-order chi connectivity index (χ1) is 4.25. The van der Waals surface area contributed by atoms with Crippen molar-refractivity contribution in [2.75, 3.05) is 7.11 Å². The summed E-state index contributed by atoms with van der Waals surface area (Å²) in [6.07, 6.45) is 3.81. The Kier molecular flexibility index (Phi) is 1.91. The maximum atomic E-state index is 5.24. The van der Waals surface area contributed by atoms with Gasteiger partial charge in [0.05, 0.1) is 6.10 Å². The standard InChI is InChI=1S/C8H14O/c1-6-4-5-8(9-3)7(6)2/h4,7-8H,5H2,1-3H3. The van der Waals surface area contributed by atoms with Crippen molar-refractivity contribution < 1.29 is 4.74 Å². The molecule has 0 aliphatic heterocycles. The summed E-state index contributed by atoms with van der Waals surface area (Å²) < 4.78 is 5.24. The Morgan fingerprint density at radius 1 is 1.67 bits per heavy atom. The Labute approximate surface area is 56.7 Å². The summed E-state index contributed by atoms with van der Waals surface area (Å²) >= 11 is 0. The summed E-state index contributed by atoms with van der Waals surface area (Å²) in [6, 6.07) is 0. The first-order valence-electron chi connectivity index (χ1n) is 3.45. The van der Waals surface area contributed by atoms with E-state index in [1.807, 2.05) is 0 Å². The quantitative estimate of drug-likeness (QED) is 0.488. The normalized spacial score (nSPS) is 34.8. The summed E-state index contributed by atoms with van der Waals surface area (Å²) in [6.45, 7) is 4.39. The zero-order chi connectivity index (χ0) is 6.85. The van der Waals surface area contributed by atoms with Gasteiger partial charge in [0, 0.05) is 13.0 Å². The van der Waals surface area contributed by atoms with Crippen LogP contribution in [0.2, 0.25) is 0 Å². The van der Waals surface area contributed by atoms with Gasteiger partial charge in [0.2, 0.25) is 0 Å². The Hall–Kier alpha value is -0.300. The molecule has 1 aliphatic carbocycles. The molecule has 0 amide bonds. The Morgan fingerprint density at radius 3 is 2.56 bits per heavy atom. The van der Waals surface area contributed by atoms with Crippen LogP contribution in [0.25, 0.3) is 0 Å². The minimum Gasteiger partial charge on any atom is -0.381 e. The van der Waals surface area contributed by atoms with Gasteiger partial charge in [-0.15, -0.1) is 0 Å². The van der Waals surface area contributed by atoms with Crippen molar-refractivity contribution in [3.63, 3.8) is 0 Å². The van der Waals surface area contributed by atoms with Crippen molar-refractivity contribution in [1.29, 1.82) is 0 Å². The fourth-order valence-corrected chi connectivity index (χ4v) is 1.29. The zero-order valence-electron chi connectivity index (χ0n) is 6.35. The molecule has 2 unspecified atom stereocenters. The highest BCUT2D eigenvalue weighted by Gasteiger charge is 2.21. The van der Waals surface area contributed by atoms with E-state index in [1.165, 1.54) is 5.57 Å². The third-order valence-corrected chi connectivity index (χ3v) is 2.25. The van der Waals surface area contributed by atoms with Crippen LogP contribution >= 0.6 is 0 Å². The second kappa shape index (κ2) is 2.53. The minimum atomic E-state index is 0.449. The lowest BCUT2D eigenvalue weighted by atomic mass is 10.0. The fourth-order valence-electron chi connectivity index (χ4n) is 1.29. The van der Waals surface area contributed by atoms with E-state index in [2.05, 4.69) is 19.9 Å². The molecule has 0 saturated carbocycles. The van der Waals surface area contributed by atoms with Crippen molar-refractivity contribution in [2.45, 2.75) is 26.4 Å². The van der Waals surface area contributed by atoms with Gasteiger partial charge in [-0.05, 0) is 13.3 Å². The highest BCUT2D eigenvalue weighted by atomic mass is 16.5. The van der Waals surface area contributed by atoms with Crippen LogP contribution in [-0.2, 0) is 4.74 Å². The maximum absolute atomic E-state index is 5.24. The molecule has 9 heavy (non-hydrogen) atoms. The van der Waals surface area contributed by atoms with Crippen LogP contribution in [-0.4, -0.2) is 13.2 Å². The molecule has 0 fully saturated rings. The van der Waals surface area contributed by atoms with Gasteiger partial charge in [-0.1, -0.05) is 18.6 Å². The van der Waals surface area contributed by atoms with Crippen molar-refractivity contribution in [3.05, 3.63) is 11.6 Å². The molecule has 0 saturated heterocycles. The van der Waals surface area contributed by atoms with Gasteiger partial charge in [0.15, 0.2) is 0 Å². The smallest absolute Gasteiger partial charge is 0.0668 e. The monoisotopic (exact) mass is 126 g/mol. The van der Waals surface area contributed by atoms with Crippen LogP contribution in [0, 0.1) is 5.92 Å². The average Bonchev–Trinajstić information content (AvgIpc) is 2.15.